The number of hydrogen-bond acceptors (Lipinski definition) is 1. The number of nitrogens with zero attached hydrogens (tertiary/aromatic N) is 1. The lowest BCUT2D eigenvalue weighted by Crippen LogP contribution is -2.81. The summed E-state index contributed by atoms with van der Waals surface area (Å²) in [6, 6.07) is 9.95. The number of likely N-dealkylation sites (tertiary alicyclic amines) is 1. The van der Waals surface area contributed by atoms with Crippen LogP contribution < -0.4 is 5.32 Å². The number of rotatable bonds is 2. The Morgan fingerprint density at radius 3 is 2.25 bits per heavy atom. The minimum atomic E-state index is 0.737. The van der Waals surface area contributed by atoms with Crippen LogP contribution in [-0.2, 0) is 0 Å². The van der Waals surface area contributed by atoms with E-state index in [0.29, 0.717) is 0 Å². The molecule has 0 spiro atoms. The van der Waals surface area contributed by atoms with Crippen molar-refractivity contribution >= 4 is 0 Å². The van der Waals surface area contributed by atoms with E-state index in [1.165, 1.54) is 45.3 Å². The number of hydrogen-bond donors (Lipinski definition) is 1. The lowest BCUT2D eigenvalue weighted by Gasteiger charge is -2.30. The van der Waals surface area contributed by atoms with Crippen LogP contribution in [0.2, 0.25) is 0 Å². The third-order valence-corrected chi connectivity index (χ3v) is 4.72. The van der Waals surface area contributed by atoms with Crippen molar-refractivity contribution in [3.63, 3.8) is 0 Å². The van der Waals surface area contributed by atoms with E-state index in [4.69, 9.17) is 0 Å². The van der Waals surface area contributed by atoms with Gasteiger partial charge in [-0.3, -0.25) is 0 Å². The first-order valence-corrected chi connectivity index (χ1v) is 8.45. The zero-order valence-electron chi connectivity index (χ0n) is 13.4. The molecule has 2 heteroatoms. The predicted octanol–water partition coefficient (Wildman–Crippen LogP) is 2.92. The fraction of sp³-hybridized carbons (Fsp3) is 0.667. The summed E-state index contributed by atoms with van der Waals surface area (Å²) in [7, 11) is 2.24. The van der Waals surface area contributed by atoms with Crippen LogP contribution in [0.5, 0.6) is 0 Å². The van der Waals surface area contributed by atoms with Gasteiger partial charge in [-0.05, 0) is 44.5 Å². The molecule has 2 heterocycles. The summed E-state index contributed by atoms with van der Waals surface area (Å²) in [6.45, 7) is 7.83. The highest BCUT2D eigenvalue weighted by atomic mass is 15.1. The minimum absolute atomic E-state index is 0.737. The zero-order valence-corrected chi connectivity index (χ0v) is 13.4. The van der Waals surface area contributed by atoms with Gasteiger partial charge in [0.15, 0.2) is 0 Å². The highest BCUT2D eigenvalue weighted by Crippen LogP contribution is 2.33. The van der Waals surface area contributed by atoms with Crippen LogP contribution in [0.1, 0.15) is 62.6 Å². The maximum absolute atomic E-state index is 2.54. The lowest BCUT2D eigenvalue weighted by molar-refractivity contribution is -0.676. The molecule has 3 rings (SSSR count). The third kappa shape index (κ3) is 3.62. The Labute approximate surface area is 124 Å². The van der Waals surface area contributed by atoms with Gasteiger partial charge in [-0.1, -0.05) is 38.1 Å². The number of benzene rings is 1. The Balaban J connectivity index is 0.000000704. The molecule has 0 saturated carbocycles. The van der Waals surface area contributed by atoms with Crippen molar-refractivity contribution in [1.82, 2.24) is 4.90 Å². The van der Waals surface area contributed by atoms with Gasteiger partial charge >= 0.3 is 0 Å². The van der Waals surface area contributed by atoms with E-state index in [2.05, 4.69) is 41.5 Å². The zero-order chi connectivity index (χ0) is 14.4. The van der Waals surface area contributed by atoms with Crippen molar-refractivity contribution < 1.29 is 5.32 Å². The normalized spacial score (nSPS) is 24.2. The molecule has 0 aliphatic carbocycles. The smallest absolute Gasteiger partial charge is 0.112 e. The van der Waals surface area contributed by atoms with Gasteiger partial charge in [-0.2, -0.15) is 0 Å². The van der Waals surface area contributed by atoms with Crippen LogP contribution in [0.3, 0.4) is 0 Å². The maximum Gasteiger partial charge on any atom is 0.112 e. The summed E-state index contributed by atoms with van der Waals surface area (Å²) >= 11 is 0. The van der Waals surface area contributed by atoms with Crippen LogP contribution in [0.25, 0.3) is 0 Å². The molecule has 2 N–H and O–H groups in total. The minimum Gasteiger partial charge on any atom is -0.340 e. The van der Waals surface area contributed by atoms with Crippen LogP contribution in [0.15, 0.2) is 24.3 Å². The summed E-state index contributed by atoms with van der Waals surface area (Å²) < 4.78 is 0. The highest BCUT2D eigenvalue weighted by molar-refractivity contribution is 5.32. The molecule has 1 unspecified atom stereocenters. The van der Waals surface area contributed by atoms with Crippen LogP contribution in [0, 0.1) is 0 Å². The molecule has 1 aromatic rings. The van der Waals surface area contributed by atoms with E-state index < -0.39 is 0 Å². The molecule has 20 heavy (non-hydrogen) atoms. The second-order valence-corrected chi connectivity index (χ2v) is 5.98. The van der Waals surface area contributed by atoms with E-state index in [1.54, 1.807) is 11.1 Å². The first kappa shape index (κ1) is 15.5. The van der Waals surface area contributed by atoms with E-state index in [-0.39, 0.29) is 0 Å². The molecule has 0 bridgehead atoms. The first-order chi connectivity index (χ1) is 9.84. The maximum atomic E-state index is 2.54. The van der Waals surface area contributed by atoms with Gasteiger partial charge in [-0.25, -0.2) is 0 Å². The van der Waals surface area contributed by atoms with E-state index in [0.717, 1.165) is 12.0 Å². The standard InChI is InChI=1S/C16H24N2.C2H6/c1-18-11-8-13(9-12-18)14-5-2-3-6-15(14)16-7-4-10-17-16;1-2/h2-3,5-6,13,16-17H,4,7-12H2,1H3;1-2H3/p+1. The fourth-order valence-corrected chi connectivity index (χ4v) is 3.60. The largest absolute Gasteiger partial charge is 0.340 e. The van der Waals surface area contributed by atoms with Crippen molar-refractivity contribution in [3.8, 4) is 0 Å². The molecule has 112 valence electrons. The second-order valence-electron chi connectivity index (χ2n) is 5.98. The fourth-order valence-electron chi connectivity index (χ4n) is 3.60. The third-order valence-electron chi connectivity index (χ3n) is 4.72. The number of nitrogens with two attached hydrogens (primary N) is 1. The topological polar surface area (TPSA) is 19.9 Å². The quantitative estimate of drug-likeness (QED) is 0.880. The summed E-state index contributed by atoms with van der Waals surface area (Å²) in [4.78, 5) is 2.46. The van der Waals surface area contributed by atoms with Crippen LogP contribution in [-0.4, -0.2) is 31.6 Å². The summed E-state index contributed by atoms with van der Waals surface area (Å²) in [5, 5.41) is 2.54. The molecule has 0 radical (unpaired) electrons. The van der Waals surface area contributed by atoms with E-state index in [1.807, 2.05) is 13.8 Å². The number of piperidine rings is 1. The Bertz CT molecular complexity index is 388. The molecule has 2 fully saturated rings. The SMILES string of the molecule is CC.CN1CCC(c2ccccc2C2CCC[NH2+]2)CC1. The highest BCUT2D eigenvalue weighted by Gasteiger charge is 2.27. The predicted molar refractivity (Wildman–Crippen MR) is 86.0 cm³/mol. The molecule has 2 saturated heterocycles. The first-order valence-electron chi connectivity index (χ1n) is 8.45. The van der Waals surface area contributed by atoms with Crippen molar-refractivity contribution in [2.24, 2.45) is 0 Å². The van der Waals surface area contributed by atoms with Gasteiger partial charge in [-0.15, -0.1) is 0 Å². The monoisotopic (exact) mass is 275 g/mol. The van der Waals surface area contributed by atoms with Gasteiger partial charge in [0.2, 0.25) is 0 Å². The van der Waals surface area contributed by atoms with Crippen molar-refractivity contribution in [2.75, 3.05) is 26.7 Å². The van der Waals surface area contributed by atoms with Gasteiger partial charge in [0.1, 0.15) is 6.04 Å². The average molecular weight is 275 g/mol. The molecule has 2 aliphatic rings. The van der Waals surface area contributed by atoms with Gasteiger partial charge < -0.3 is 10.2 Å². The Hall–Kier alpha value is -0.860. The van der Waals surface area contributed by atoms with Crippen molar-refractivity contribution in [3.05, 3.63) is 35.4 Å². The van der Waals surface area contributed by atoms with E-state index >= 15 is 0 Å². The lowest BCUT2D eigenvalue weighted by atomic mass is 9.84. The second kappa shape index (κ2) is 7.80. The average Bonchev–Trinajstić information content (AvgIpc) is 3.04. The van der Waals surface area contributed by atoms with Gasteiger partial charge in [0, 0.05) is 18.4 Å². The summed E-state index contributed by atoms with van der Waals surface area (Å²) in [5.41, 5.74) is 3.28. The Morgan fingerprint density at radius 1 is 1.00 bits per heavy atom. The molecule has 0 aromatic heterocycles. The molecule has 2 nitrogen and oxygen atoms in total. The van der Waals surface area contributed by atoms with Gasteiger partial charge in [0.05, 0.1) is 6.54 Å². The molecular weight excluding hydrogens is 244 g/mol. The Kier molecular flexibility index (Phi) is 6.06. The molecule has 1 atom stereocenters. The summed E-state index contributed by atoms with van der Waals surface area (Å²) in [6.07, 6.45) is 5.41. The Morgan fingerprint density at radius 2 is 1.65 bits per heavy atom. The molecule has 2 aliphatic heterocycles. The molecule has 1 aromatic carbocycles. The van der Waals surface area contributed by atoms with Crippen LogP contribution >= 0.6 is 0 Å². The van der Waals surface area contributed by atoms with E-state index in [9.17, 15) is 0 Å². The molecule has 0 amide bonds. The van der Waals surface area contributed by atoms with Crippen molar-refractivity contribution in [2.45, 2.75) is 51.5 Å². The number of quaternary nitrogens is 1. The summed E-state index contributed by atoms with van der Waals surface area (Å²) in [5.74, 6) is 0.798. The van der Waals surface area contributed by atoms with Crippen LogP contribution in [0.4, 0.5) is 0 Å². The van der Waals surface area contributed by atoms with Crippen molar-refractivity contribution in [1.29, 1.82) is 0 Å². The van der Waals surface area contributed by atoms with Gasteiger partial charge in [0.25, 0.3) is 0 Å². The molecular formula is C18H31N2+.